The molecule has 2 aromatic carbocycles. The standard InChI is InChI=1S/C26H26N4O2S/c1-3-5-7-21-20-8-6-9-22(24(20)33-25(21)26(31)32-4-2)29-23-16-30(17-28-23)15-19-12-10-18(14-27)11-13-19/h6,8-13,16-17,29H,3-5,7,15H2,1-2H3. The molecule has 4 rings (SSSR count). The molecular formula is C26H26N4O2S. The zero-order valence-electron chi connectivity index (χ0n) is 18.8. The van der Waals surface area contributed by atoms with E-state index in [1.165, 1.54) is 11.3 Å². The number of rotatable bonds is 9. The second-order valence-electron chi connectivity index (χ2n) is 7.78. The maximum absolute atomic E-state index is 12.6. The summed E-state index contributed by atoms with van der Waals surface area (Å²) in [5, 5.41) is 13.5. The van der Waals surface area contributed by atoms with Crippen LogP contribution in [0, 0.1) is 11.3 Å². The van der Waals surface area contributed by atoms with Gasteiger partial charge in [-0.05, 0) is 54.5 Å². The Bertz CT molecular complexity index is 1300. The van der Waals surface area contributed by atoms with Crippen LogP contribution < -0.4 is 5.32 Å². The summed E-state index contributed by atoms with van der Waals surface area (Å²) in [7, 11) is 0. The van der Waals surface area contributed by atoms with Crippen molar-refractivity contribution in [2.45, 2.75) is 39.7 Å². The third-order valence-electron chi connectivity index (χ3n) is 5.40. The van der Waals surface area contributed by atoms with E-state index in [2.05, 4.69) is 29.4 Å². The van der Waals surface area contributed by atoms with Crippen LogP contribution in [0.15, 0.2) is 55.0 Å². The van der Waals surface area contributed by atoms with Crippen LogP contribution in [0.5, 0.6) is 0 Å². The van der Waals surface area contributed by atoms with Crippen LogP contribution in [0.4, 0.5) is 11.5 Å². The minimum Gasteiger partial charge on any atom is -0.462 e. The number of nitrogens with zero attached hydrogens (tertiary/aromatic N) is 3. The van der Waals surface area contributed by atoms with E-state index in [4.69, 9.17) is 10.00 Å². The maximum atomic E-state index is 12.6. The van der Waals surface area contributed by atoms with E-state index < -0.39 is 0 Å². The normalized spacial score (nSPS) is 10.8. The average molecular weight is 459 g/mol. The van der Waals surface area contributed by atoms with Gasteiger partial charge in [-0.1, -0.05) is 37.6 Å². The molecule has 33 heavy (non-hydrogen) atoms. The van der Waals surface area contributed by atoms with E-state index in [9.17, 15) is 4.79 Å². The Labute approximate surface area is 197 Å². The van der Waals surface area contributed by atoms with E-state index in [0.29, 0.717) is 23.6 Å². The average Bonchev–Trinajstić information content (AvgIpc) is 3.43. The third kappa shape index (κ3) is 5.07. The number of ether oxygens (including phenoxy) is 1. The Hall–Kier alpha value is -3.63. The highest BCUT2D eigenvalue weighted by Gasteiger charge is 2.21. The van der Waals surface area contributed by atoms with Crippen molar-refractivity contribution in [2.24, 2.45) is 0 Å². The van der Waals surface area contributed by atoms with Gasteiger partial charge in [-0.25, -0.2) is 9.78 Å². The summed E-state index contributed by atoms with van der Waals surface area (Å²) in [6.45, 7) is 5.01. The molecule has 0 aliphatic rings. The molecule has 0 radical (unpaired) electrons. The first-order valence-electron chi connectivity index (χ1n) is 11.1. The number of carbonyl (C=O) groups excluding carboxylic acids is 1. The van der Waals surface area contributed by atoms with Crippen molar-refractivity contribution in [3.05, 3.63) is 76.6 Å². The van der Waals surface area contributed by atoms with Gasteiger partial charge in [-0.15, -0.1) is 11.3 Å². The minimum atomic E-state index is -0.248. The monoisotopic (exact) mass is 458 g/mol. The van der Waals surface area contributed by atoms with Crippen LogP contribution in [0.1, 0.15) is 53.1 Å². The molecule has 0 atom stereocenters. The first kappa shape index (κ1) is 22.6. The molecule has 0 aliphatic carbocycles. The fraction of sp³-hybridized carbons (Fsp3) is 0.269. The smallest absolute Gasteiger partial charge is 0.348 e. The molecule has 0 saturated carbocycles. The number of fused-ring (bicyclic) bond motifs is 1. The Morgan fingerprint density at radius 1 is 1.21 bits per heavy atom. The van der Waals surface area contributed by atoms with Crippen molar-refractivity contribution < 1.29 is 9.53 Å². The summed E-state index contributed by atoms with van der Waals surface area (Å²) >= 11 is 1.48. The fourth-order valence-corrected chi connectivity index (χ4v) is 4.99. The lowest BCUT2D eigenvalue weighted by atomic mass is 10.0. The Morgan fingerprint density at radius 3 is 2.76 bits per heavy atom. The van der Waals surface area contributed by atoms with Crippen molar-refractivity contribution >= 4 is 38.9 Å². The number of unbranched alkanes of at least 4 members (excludes halogenated alkanes) is 1. The minimum absolute atomic E-state index is 0.248. The van der Waals surface area contributed by atoms with Gasteiger partial charge in [-0.2, -0.15) is 5.26 Å². The summed E-state index contributed by atoms with van der Waals surface area (Å²) < 4.78 is 8.36. The van der Waals surface area contributed by atoms with Gasteiger partial charge in [0, 0.05) is 12.7 Å². The van der Waals surface area contributed by atoms with Gasteiger partial charge in [0.25, 0.3) is 0 Å². The van der Waals surface area contributed by atoms with E-state index in [1.807, 2.05) is 54.1 Å². The van der Waals surface area contributed by atoms with Gasteiger partial charge < -0.3 is 14.6 Å². The van der Waals surface area contributed by atoms with Crippen molar-refractivity contribution in [3.8, 4) is 6.07 Å². The topological polar surface area (TPSA) is 79.9 Å². The van der Waals surface area contributed by atoms with E-state index in [0.717, 1.165) is 52.0 Å². The number of anilines is 2. The van der Waals surface area contributed by atoms with Gasteiger partial charge in [0.1, 0.15) is 10.7 Å². The number of aryl methyl sites for hydroxylation is 1. The Kier molecular flexibility index (Phi) is 7.06. The predicted octanol–water partition coefficient (Wildman–Crippen LogP) is 6.28. The van der Waals surface area contributed by atoms with Crippen molar-refractivity contribution in [3.63, 3.8) is 0 Å². The summed E-state index contributed by atoms with van der Waals surface area (Å²) in [5.41, 5.74) is 3.74. The lowest BCUT2D eigenvalue weighted by molar-refractivity contribution is 0.0531. The molecule has 6 nitrogen and oxygen atoms in total. The van der Waals surface area contributed by atoms with Crippen molar-refractivity contribution in [2.75, 3.05) is 11.9 Å². The van der Waals surface area contributed by atoms with Crippen molar-refractivity contribution in [1.82, 2.24) is 9.55 Å². The van der Waals surface area contributed by atoms with Crippen LogP contribution in [0.25, 0.3) is 10.1 Å². The largest absolute Gasteiger partial charge is 0.462 e. The third-order valence-corrected chi connectivity index (χ3v) is 6.66. The zero-order valence-corrected chi connectivity index (χ0v) is 19.6. The lowest BCUT2D eigenvalue weighted by Crippen LogP contribution is -2.05. The number of aromatic nitrogens is 2. The number of nitriles is 1. The van der Waals surface area contributed by atoms with E-state index >= 15 is 0 Å². The number of nitrogens with one attached hydrogen (secondary N) is 1. The first-order valence-corrected chi connectivity index (χ1v) is 11.9. The molecule has 7 heteroatoms. The predicted molar refractivity (Wildman–Crippen MR) is 132 cm³/mol. The molecule has 0 amide bonds. The Balaban J connectivity index is 1.60. The number of thiophene rings is 1. The molecule has 0 unspecified atom stereocenters. The van der Waals surface area contributed by atoms with Gasteiger partial charge in [-0.3, -0.25) is 0 Å². The van der Waals surface area contributed by atoms with Gasteiger partial charge in [0.2, 0.25) is 0 Å². The molecule has 168 valence electrons. The second-order valence-corrected chi connectivity index (χ2v) is 8.80. The number of hydrogen-bond donors (Lipinski definition) is 1. The summed E-state index contributed by atoms with van der Waals surface area (Å²) in [4.78, 5) is 17.8. The summed E-state index contributed by atoms with van der Waals surface area (Å²) in [6.07, 6.45) is 6.68. The van der Waals surface area contributed by atoms with Crippen LogP contribution in [-0.4, -0.2) is 22.1 Å². The number of esters is 1. The van der Waals surface area contributed by atoms with Crippen LogP contribution in [0.3, 0.4) is 0 Å². The van der Waals surface area contributed by atoms with Crippen LogP contribution >= 0.6 is 11.3 Å². The molecule has 4 aromatic rings. The second kappa shape index (κ2) is 10.3. The van der Waals surface area contributed by atoms with Crippen molar-refractivity contribution in [1.29, 1.82) is 5.26 Å². The molecule has 0 saturated heterocycles. The number of carbonyl (C=O) groups is 1. The molecular weight excluding hydrogens is 432 g/mol. The van der Waals surface area contributed by atoms with Gasteiger partial charge >= 0.3 is 5.97 Å². The molecule has 0 bridgehead atoms. The zero-order chi connectivity index (χ0) is 23.2. The number of hydrogen-bond acceptors (Lipinski definition) is 6. The number of benzene rings is 2. The SMILES string of the molecule is CCCCc1c(C(=O)OCC)sc2c(Nc3cn(Cc4ccc(C#N)cc4)cn3)cccc12. The maximum Gasteiger partial charge on any atom is 0.348 e. The molecule has 0 fully saturated rings. The van der Waals surface area contributed by atoms with Gasteiger partial charge in [0.15, 0.2) is 0 Å². The summed E-state index contributed by atoms with van der Waals surface area (Å²) in [5.74, 6) is 0.486. The number of imidazole rings is 1. The molecule has 2 heterocycles. The lowest BCUT2D eigenvalue weighted by Gasteiger charge is -2.06. The Morgan fingerprint density at radius 2 is 2.03 bits per heavy atom. The fourth-order valence-electron chi connectivity index (χ4n) is 3.78. The van der Waals surface area contributed by atoms with E-state index in [1.54, 1.807) is 6.33 Å². The molecule has 1 N–H and O–H groups in total. The molecule has 0 aliphatic heterocycles. The van der Waals surface area contributed by atoms with E-state index in [-0.39, 0.29) is 5.97 Å². The van der Waals surface area contributed by atoms with Crippen LogP contribution in [0.2, 0.25) is 0 Å². The molecule has 2 aromatic heterocycles. The van der Waals surface area contributed by atoms with Crippen LogP contribution in [-0.2, 0) is 17.7 Å². The summed E-state index contributed by atoms with van der Waals surface area (Å²) in [6, 6.07) is 15.8. The van der Waals surface area contributed by atoms with Gasteiger partial charge in [0.05, 0.1) is 35.0 Å². The highest BCUT2D eigenvalue weighted by molar-refractivity contribution is 7.21. The first-order chi connectivity index (χ1) is 16.1. The quantitative estimate of drug-likeness (QED) is 0.299. The highest BCUT2D eigenvalue weighted by Crippen LogP contribution is 2.38. The molecule has 0 spiro atoms. The highest BCUT2D eigenvalue weighted by atomic mass is 32.1.